The highest BCUT2D eigenvalue weighted by atomic mass is 16.1. The molecule has 4 nitrogen and oxygen atoms in total. The van der Waals surface area contributed by atoms with Crippen LogP contribution in [0.15, 0.2) is 42.6 Å². The van der Waals surface area contributed by atoms with Crippen LogP contribution in [0.5, 0.6) is 0 Å². The minimum Gasteiger partial charge on any atom is -0.363 e. The fourth-order valence-corrected chi connectivity index (χ4v) is 1.75. The second-order valence-corrected chi connectivity index (χ2v) is 4.57. The van der Waals surface area contributed by atoms with Crippen LogP contribution in [-0.4, -0.2) is 25.0 Å². The smallest absolute Gasteiger partial charge is 0.255 e. The Morgan fingerprint density at radius 2 is 1.89 bits per heavy atom. The van der Waals surface area contributed by atoms with Crippen LogP contribution in [0.4, 0.5) is 11.5 Å². The zero-order chi connectivity index (χ0) is 13.8. The largest absolute Gasteiger partial charge is 0.363 e. The Balaban J connectivity index is 2.13. The molecule has 2 aromatic rings. The predicted octanol–water partition coefficient (Wildman–Crippen LogP) is 2.71. The number of hydrogen-bond donors (Lipinski definition) is 1. The van der Waals surface area contributed by atoms with Gasteiger partial charge in [-0.3, -0.25) is 4.79 Å². The summed E-state index contributed by atoms with van der Waals surface area (Å²) in [6.45, 7) is 1.92. The van der Waals surface area contributed by atoms with E-state index in [2.05, 4.69) is 10.3 Å². The third-order valence-electron chi connectivity index (χ3n) is 2.85. The number of aromatic nitrogens is 1. The average molecular weight is 255 g/mol. The molecule has 0 saturated carbocycles. The summed E-state index contributed by atoms with van der Waals surface area (Å²) in [6, 6.07) is 11.2. The van der Waals surface area contributed by atoms with Crippen molar-refractivity contribution in [2.45, 2.75) is 6.92 Å². The minimum atomic E-state index is -0.113. The van der Waals surface area contributed by atoms with Crippen molar-refractivity contribution in [1.29, 1.82) is 0 Å². The lowest BCUT2D eigenvalue weighted by atomic mass is 10.1. The van der Waals surface area contributed by atoms with Gasteiger partial charge in [0, 0.05) is 19.7 Å². The summed E-state index contributed by atoms with van der Waals surface area (Å²) in [7, 11) is 3.85. The van der Waals surface area contributed by atoms with E-state index in [-0.39, 0.29) is 5.91 Å². The van der Waals surface area contributed by atoms with Gasteiger partial charge in [0.1, 0.15) is 5.82 Å². The summed E-state index contributed by atoms with van der Waals surface area (Å²) in [5.41, 5.74) is 2.33. The molecule has 1 aromatic heterocycles. The SMILES string of the molecule is Cc1ccccc1C(=O)Nc1ccc(N(C)C)nc1. The number of anilines is 2. The van der Waals surface area contributed by atoms with Crippen LogP contribution in [0.25, 0.3) is 0 Å². The normalized spacial score (nSPS) is 10.1. The van der Waals surface area contributed by atoms with Crippen molar-refractivity contribution >= 4 is 17.4 Å². The Morgan fingerprint density at radius 1 is 1.16 bits per heavy atom. The molecule has 0 unspecified atom stereocenters. The van der Waals surface area contributed by atoms with E-state index in [0.717, 1.165) is 11.4 Å². The Hall–Kier alpha value is -2.36. The highest BCUT2D eigenvalue weighted by molar-refractivity contribution is 6.05. The lowest BCUT2D eigenvalue weighted by Gasteiger charge is -2.12. The van der Waals surface area contributed by atoms with E-state index in [1.165, 1.54) is 0 Å². The molecule has 0 fully saturated rings. The van der Waals surface area contributed by atoms with Gasteiger partial charge in [-0.15, -0.1) is 0 Å². The first kappa shape index (κ1) is 13.1. The van der Waals surface area contributed by atoms with E-state index >= 15 is 0 Å². The van der Waals surface area contributed by atoms with Crippen LogP contribution in [-0.2, 0) is 0 Å². The van der Waals surface area contributed by atoms with E-state index in [4.69, 9.17) is 0 Å². The van der Waals surface area contributed by atoms with Gasteiger partial charge >= 0.3 is 0 Å². The standard InChI is InChI=1S/C15H17N3O/c1-11-6-4-5-7-13(11)15(19)17-12-8-9-14(16-10-12)18(2)3/h4-10H,1-3H3,(H,17,19). The van der Waals surface area contributed by atoms with Crippen LogP contribution in [0, 0.1) is 6.92 Å². The zero-order valence-electron chi connectivity index (χ0n) is 11.3. The summed E-state index contributed by atoms with van der Waals surface area (Å²) in [5, 5.41) is 2.85. The van der Waals surface area contributed by atoms with Gasteiger partial charge in [-0.1, -0.05) is 18.2 Å². The number of amides is 1. The molecule has 1 N–H and O–H groups in total. The maximum Gasteiger partial charge on any atom is 0.255 e. The maximum absolute atomic E-state index is 12.1. The van der Waals surface area contributed by atoms with Gasteiger partial charge in [0.05, 0.1) is 11.9 Å². The number of hydrogen-bond acceptors (Lipinski definition) is 3. The van der Waals surface area contributed by atoms with Crippen molar-refractivity contribution in [3.8, 4) is 0 Å². The monoisotopic (exact) mass is 255 g/mol. The Morgan fingerprint density at radius 3 is 2.47 bits per heavy atom. The first-order valence-corrected chi connectivity index (χ1v) is 6.08. The number of carbonyl (C=O) groups is 1. The summed E-state index contributed by atoms with van der Waals surface area (Å²) in [5.74, 6) is 0.742. The molecule has 1 heterocycles. The molecule has 1 amide bonds. The highest BCUT2D eigenvalue weighted by Crippen LogP contribution is 2.14. The Labute approximate surface area is 113 Å². The fourth-order valence-electron chi connectivity index (χ4n) is 1.75. The molecule has 1 aromatic carbocycles. The zero-order valence-corrected chi connectivity index (χ0v) is 11.3. The molecule has 0 aliphatic carbocycles. The lowest BCUT2D eigenvalue weighted by molar-refractivity contribution is 0.102. The Bertz CT molecular complexity index is 576. The molecular weight excluding hydrogens is 238 g/mol. The molecule has 2 rings (SSSR count). The number of nitrogens with one attached hydrogen (secondary N) is 1. The molecule has 0 saturated heterocycles. The van der Waals surface area contributed by atoms with E-state index in [1.54, 1.807) is 6.20 Å². The van der Waals surface area contributed by atoms with Gasteiger partial charge in [0.15, 0.2) is 0 Å². The second-order valence-electron chi connectivity index (χ2n) is 4.57. The maximum atomic E-state index is 12.1. The fraction of sp³-hybridized carbons (Fsp3) is 0.200. The number of aryl methyl sites for hydroxylation is 1. The molecule has 0 spiro atoms. The number of nitrogens with zero attached hydrogens (tertiary/aromatic N) is 2. The molecule has 0 radical (unpaired) electrons. The molecule has 98 valence electrons. The van der Waals surface area contributed by atoms with Gasteiger partial charge in [-0.05, 0) is 30.7 Å². The van der Waals surface area contributed by atoms with Gasteiger partial charge in [0.2, 0.25) is 0 Å². The topological polar surface area (TPSA) is 45.2 Å². The van der Waals surface area contributed by atoms with Crippen molar-refractivity contribution in [3.63, 3.8) is 0 Å². The molecule has 0 aliphatic rings. The molecule has 0 bridgehead atoms. The third-order valence-corrected chi connectivity index (χ3v) is 2.85. The van der Waals surface area contributed by atoms with Gasteiger partial charge in [-0.2, -0.15) is 0 Å². The summed E-state index contributed by atoms with van der Waals surface area (Å²) < 4.78 is 0. The number of pyridine rings is 1. The van der Waals surface area contributed by atoms with Crippen molar-refractivity contribution in [1.82, 2.24) is 4.98 Å². The van der Waals surface area contributed by atoms with E-state index in [0.29, 0.717) is 11.3 Å². The molecule has 4 heteroatoms. The third kappa shape index (κ3) is 3.10. The van der Waals surface area contributed by atoms with Crippen molar-refractivity contribution < 1.29 is 4.79 Å². The van der Waals surface area contributed by atoms with E-state index in [1.807, 2.05) is 62.3 Å². The van der Waals surface area contributed by atoms with E-state index < -0.39 is 0 Å². The number of carbonyl (C=O) groups excluding carboxylic acids is 1. The molecule has 0 atom stereocenters. The summed E-state index contributed by atoms with van der Waals surface area (Å²) in [4.78, 5) is 18.3. The first-order chi connectivity index (χ1) is 9.08. The quantitative estimate of drug-likeness (QED) is 0.917. The number of rotatable bonds is 3. The van der Waals surface area contributed by atoms with Crippen molar-refractivity contribution in [2.24, 2.45) is 0 Å². The lowest BCUT2D eigenvalue weighted by Crippen LogP contribution is -2.14. The van der Waals surface area contributed by atoms with Crippen LogP contribution in [0.3, 0.4) is 0 Å². The van der Waals surface area contributed by atoms with Crippen molar-refractivity contribution in [2.75, 3.05) is 24.3 Å². The summed E-state index contributed by atoms with van der Waals surface area (Å²) in [6.07, 6.45) is 1.66. The van der Waals surface area contributed by atoms with Gasteiger partial charge < -0.3 is 10.2 Å². The minimum absolute atomic E-state index is 0.113. The number of benzene rings is 1. The van der Waals surface area contributed by atoms with Crippen LogP contribution in [0.2, 0.25) is 0 Å². The first-order valence-electron chi connectivity index (χ1n) is 6.08. The second kappa shape index (κ2) is 5.52. The van der Waals surface area contributed by atoms with E-state index in [9.17, 15) is 4.79 Å². The predicted molar refractivity (Wildman–Crippen MR) is 77.7 cm³/mol. The van der Waals surface area contributed by atoms with Crippen LogP contribution < -0.4 is 10.2 Å². The van der Waals surface area contributed by atoms with Crippen molar-refractivity contribution in [3.05, 3.63) is 53.7 Å². The molecular formula is C15H17N3O. The highest BCUT2D eigenvalue weighted by Gasteiger charge is 2.08. The molecule has 0 aliphatic heterocycles. The Kier molecular flexibility index (Phi) is 3.80. The van der Waals surface area contributed by atoms with Gasteiger partial charge in [0.25, 0.3) is 5.91 Å². The molecule has 19 heavy (non-hydrogen) atoms. The summed E-state index contributed by atoms with van der Waals surface area (Å²) >= 11 is 0. The van der Waals surface area contributed by atoms with Crippen LogP contribution in [0.1, 0.15) is 15.9 Å². The average Bonchev–Trinajstić information content (AvgIpc) is 2.39. The van der Waals surface area contributed by atoms with Crippen LogP contribution >= 0.6 is 0 Å². The van der Waals surface area contributed by atoms with Gasteiger partial charge in [-0.25, -0.2) is 4.98 Å².